The van der Waals surface area contributed by atoms with Crippen molar-refractivity contribution < 1.29 is 24.8 Å². The molecule has 0 aliphatic carbocycles. The van der Waals surface area contributed by atoms with Crippen molar-refractivity contribution in [3.63, 3.8) is 0 Å². The van der Waals surface area contributed by atoms with E-state index >= 15 is 0 Å². The Hall–Kier alpha value is -1.44. The Labute approximate surface area is 185 Å². The first-order valence-corrected chi connectivity index (χ1v) is 9.40. The Bertz CT molecular complexity index is 632. The third-order valence-corrected chi connectivity index (χ3v) is 4.78. The van der Waals surface area contributed by atoms with Crippen molar-refractivity contribution in [2.45, 2.75) is 38.9 Å². The second-order valence-electron chi connectivity index (χ2n) is 6.94. The summed E-state index contributed by atoms with van der Waals surface area (Å²) in [5.74, 6) is 1.47. The summed E-state index contributed by atoms with van der Waals surface area (Å²) >= 11 is 5.56. The van der Waals surface area contributed by atoms with Crippen LogP contribution in [0.25, 0.3) is 0 Å². The molecule has 0 radical (unpaired) electrons. The number of rotatable bonds is 10. The van der Waals surface area contributed by atoms with Crippen molar-refractivity contribution in [3.05, 3.63) is 59.7 Å². The van der Waals surface area contributed by atoms with Gasteiger partial charge in [-0.3, -0.25) is 0 Å². The van der Waals surface area contributed by atoms with E-state index in [0.29, 0.717) is 11.5 Å². The maximum absolute atomic E-state index is 9.46. The minimum atomic E-state index is -0.882. The highest BCUT2D eigenvalue weighted by Crippen LogP contribution is 2.33. The van der Waals surface area contributed by atoms with Gasteiger partial charge in [0.25, 0.3) is 0 Å². The minimum absolute atomic E-state index is 0. The SMILES string of the molecule is C.CC(C)(c1ccc(OCC(O)CO)cc1)c1ccc(OC[C@H](O)CCl)cc1.S. The van der Waals surface area contributed by atoms with Gasteiger partial charge in [0.05, 0.1) is 12.5 Å². The van der Waals surface area contributed by atoms with Gasteiger partial charge in [0, 0.05) is 5.41 Å². The summed E-state index contributed by atoms with van der Waals surface area (Å²) in [7, 11) is 0. The number of halogens is 1. The van der Waals surface area contributed by atoms with E-state index in [4.69, 9.17) is 26.2 Å². The molecule has 0 aliphatic heterocycles. The molecular formula is C22H33ClO5S. The number of hydrogen-bond acceptors (Lipinski definition) is 5. The van der Waals surface area contributed by atoms with Crippen LogP contribution in [0.2, 0.25) is 0 Å². The van der Waals surface area contributed by atoms with Crippen LogP contribution in [-0.4, -0.2) is 53.2 Å². The van der Waals surface area contributed by atoms with Gasteiger partial charge in [-0.25, -0.2) is 0 Å². The zero-order chi connectivity index (χ0) is 19.9. The summed E-state index contributed by atoms with van der Waals surface area (Å²) in [5.41, 5.74) is 2.01. The second-order valence-corrected chi connectivity index (χ2v) is 7.25. The van der Waals surface area contributed by atoms with E-state index in [1.165, 1.54) is 0 Å². The average Bonchev–Trinajstić information content (AvgIpc) is 2.70. The van der Waals surface area contributed by atoms with Crippen LogP contribution in [0.3, 0.4) is 0 Å². The molecule has 7 heteroatoms. The van der Waals surface area contributed by atoms with Crippen LogP contribution in [0.15, 0.2) is 48.5 Å². The van der Waals surface area contributed by atoms with Crippen LogP contribution in [0, 0.1) is 0 Å². The molecule has 0 saturated heterocycles. The first-order chi connectivity index (χ1) is 12.9. The molecule has 0 aromatic heterocycles. The van der Waals surface area contributed by atoms with Crippen molar-refractivity contribution in [1.82, 2.24) is 0 Å². The third kappa shape index (κ3) is 8.07. The number of benzene rings is 2. The molecule has 5 nitrogen and oxygen atoms in total. The molecule has 3 N–H and O–H groups in total. The zero-order valence-electron chi connectivity index (χ0n) is 16.1. The molecule has 0 heterocycles. The van der Waals surface area contributed by atoms with E-state index < -0.39 is 12.2 Å². The van der Waals surface area contributed by atoms with Gasteiger partial charge in [-0.2, -0.15) is 13.5 Å². The predicted octanol–water partition coefficient (Wildman–Crippen LogP) is 3.47. The lowest BCUT2D eigenvalue weighted by Gasteiger charge is -2.26. The lowest BCUT2D eigenvalue weighted by atomic mass is 9.78. The van der Waals surface area contributed by atoms with Crippen molar-refractivity contribution in [2.24, 2.45) is 0 Å². The summed E-state index contributed by atoms with van der Waals surface area (Å²) in [6.07, 6.45) is -1.56. The smallest absolute Gasteiger partial charge is 0.119 e. The van der Waals surface area contributed by atoms with E-state index in [1.807, 2.05) is 48.5 Å². The molecule has 2 aromatic carbocycles. The minimum Gasteiger partial charge on any atom is -0.491 e. The molecule has 0 bridgehead atoms. The highest BCUT2D eigenvalue weighted by Gasteiger charge is 2.23. The van der Waals surface area contributed by atoms with E-state index in [9.17, 15) is 10.2 Å². The zero-order valence-corrected chi connectivity index (χ0v) is 17.9. The Morgan fingerprint density at radius 3 is 1.55 bits per heavy atom. The van der Waals surface area contributed by atoms with Gasteiger partial charge in [0.1, 0.15) is 36.9 Å². The normalized spacial score (nSPS) is 12.9. The highest BCUT2D eigenvalue weighted by atomic mass is 35.5. The first kappa shape index (κ1) is 27.6. The third-order valence-electron chi connectivity index (χ3n) is 4.43. The fraction of sp³-hybridized carbons (Fsp3) is 0.455. The largest absolute Gasteiger partial charge is 0.491 e. The Morgan fingerprint density at radius 1 is 0.828 bits per heavy atom. The topological polar surface area (TPSA) is 79.2 Å². The summed E-state index contributed by atoms with van der Waals surface area (Å²) in [6, 6.07) is 15.5. The van der Waals surface area contributed by atoms with E-state index in [1.54, 1.807) is 0 Å². The molecule has 29 heavy (non-hydrogen) atoms. The second kappa shape index (κ2) is 13.0. The summed E-state index contributed by atoms with van der Waals surface area (Å²) in [5, 5.41) is 27.6. The van der Waals surface area contributed by atoms with Crippen LogP contribution >= 0.6 is 25.1 Å². The van der Waals surface area contributed by atoms with Crippen LogP contribution in [0.1, 0.15) is 32.4 Å². The standard InChI is InChI=1S/C21H27ClO5.CH4.H2S/c1-21(2,15-3-7-19(8-4-15)26-13-17(24)11-22)16-5-9-20(10-6-16)27-14-18(25)12-23;;/h3-10,17-18,23-25H,11-14H2,1-2H3;1H4;1H2/t17-,18?;;/m1../s1. The summed E-state index contributed by atoms with van der Waals surface area (Å²) in [4.78, 5) is 0. The molecule has 164 valence electrons. The predicted molar refractivity (Wildman–Crippen MR) is 123 cm³/mol. The number of hydrogen-bond donors (Lipinski definition) is 3. The lowest BCUT2D eigenvalue weighted by molar-refractivity contribution is 0.0536. The van der Waals surface area contributed by atoms with Gasteiger partial charge in [0.2, 0.25) is 0 Å². The number of alkyl halides is 1. The van der Waals surface area contributed by atoms with Crippen molar-refractivity contribution in [1.29, 1.82) is 0 Å². The van der Waals surface area contributed by atoms with Gasteiger partial charge in [-0.15, -0.1) is 11.6 Å². The quantitative estimate of drug-likeness (QED) is 0.489. The molecule has 0 aliphatic rings. The Kier molecular flexibility index (Phi) is 12.3. The van der Waals surface area contributed by atoms with Crippen molar-refractivity contribution in [3.8, 4) is 11.5 Å². The maximum Gasteiger partial charge on any atom is 0.119 e. The van der Waals surface area contributed by atoms with Gasteiger partial charge in [-0.05, 0) is 35.4 Å². The molecular weight excluding hydrogens is 412 g/mol. The number of aliphatic hydroxyl groups excluding tert-OH is 3. The highest BCUT2D eigenvalue weighted by molar-refractivity contribution is 7.59. The van der Waals surface area contributed by atoms with Crippen LogP contribution < -0.4 is 9.47 Å². The summed E-state index contributed by atoms with van der Waals surface area (Å²) < 4.78 is 11.0. The number of aliphatic hydroxyl groups is 3. The van der Waals surface area contributed by atoms with E-state index in [-0.39, 0.29) is 52.0 Å². The Balaban J connectivity index is 0.00000392. The van der Waals surface area contributed by atoms with E-state index in [2.05, 4.69) is 13.8 Å². The van der Waals surface area contributed by atoms with Crippen LogP contribution in [0.4, 0.5) is 0 Å². The average molecular weight is 445 g/mol. The molecule has 2 aromatic rings. The fourth-order valence-corrected chi connectivity index (χ4v) is 2.67. The summed E-state index contributed by atoms with van der Waals surface area (Å²) in [6.45, 7) is 4.16. The molecule has 0 amide bonds. The number of ether oxygens (including phenoxy) is 2. The molecule has 2 atom stereocenters. The van der Waals surface area contributed by atoms with Crippen molar-refractivity contribution >= 4 is 25.1 Å². The molecule has 0 spiro atoms. The fourth-order valence-electron chi connectivity index (χ4n) is 2.58. The van der Waals surface area contributed by atoms with Crippen LogP contribution in [-0.2, 0) is 5.41 Å². The van der Waals surface area contributed by atoms with E-state index in [0.717, 1.165) is 11.1 Å². The van der Waals surface area contributed by atoms with Gasteiger partial charge < -0.3 is 24.8 Å². The van der Waals surface area contributed by atoms with Gasteiger partial charge >= 0.3 is 0 Å². The Morgan fingerprint density at radius 2 is 1.21 bits per heavy atom. The van der Waals surface area contributed by atoms with Crippen molar-refractivity contribution in [2.75, 3.05) is 25.7 Å². The molecule has 1 unspecified atom stereocenters. The monoisotopic (exact) mass is 444 g/mol. The first-order valence-electron chi connectivity index (χ1n) is 8.86. The maximum atomic E-state index is 9.46. The molecule has 2 rings (SSSR count). The van der Waals surface area contributed by atoms with Crippen LogP contribution in [0.5, 0.6) is 11.5 Å². The molecule has 0 saturated carbocycles. The molecule has 0 fully saturated rings. The lowest BCUT2D eigenvalue weighted by Crippen LogP contribution is -2.21. The van der Waals surface area contributed by atoms with Gasteiger partial charge in [-0.1, -0.05) is 45.5 Å². The van der Waals surface area contributed by atoms with Gasteiger partial charge in [0.15, 0.2) is 0 Å².